The van der Waals surface area contributed by atoms with E-state index in [0.717, 1.165) is 29.2 Å². The molecule has 0 saturated heterocycles. The van der Waals surface area contributed by atoms with E-state index in [0.29, 0.717) is 22.8 Å². The second-order valence-electron chi connectivity index (χ2n) is 7.69. The Morgan fingerprint density at radius 1 is 0.939 bits per heavy atom. The van der Waals surface area contributed by atoms with Crippen LogP contribution in [0.5, 0.6) is 0 Å². The van der Waals surface area contributed by atoms with Crippen LogP contribution in [0.25, 0.3) is 22.8 Å². The lowest BCUT2D eigenvalue weighted by Crippen LogP contribution is -2.13. The van der Waals surface area contributed by atoms with Crippen molar-refractivity contribution in [3.8, 4) is 22.8 Å². The molecule has 0 aliphatic rings. The first-order valence-electron chi connectivity index (χ1n) is 10.7. The number of rotatable bonds is 6. The predicted molar refractivity (Wildman–Crippen MR) is 128 cm³/mol. The molecule has 0 fully saturated rings. The second kappa shape index (κ2) is 8.96. The molecule has 6 heteroatoms. The van der Waals surface area contributed by atoms with Crippen molar-refractivity contribution in [3.63, 3.8) is 0 Å². The fraction of sp³-hybridized carbons (Fsp3) is 0.0741. The van der Waals surface area contributed by atoms with Crippen LogP contribution in [0.2, 0.25) is 0 Å². The molecule has 1 N–H and O–H groups in total. The molecule has 2 aromatic heterocycles. The summed E-state index contributed by atoms with van der Waals surface area (Å²) in [6, 6.07) is 24.9. The molecule has 162 valence electrons. The molecular formula is C27H22N4O2. The van der Waals surface area contributed by atoms with Crippen molar-refractivity contribution < 1.29 is 9.21 Å². The number of benzene rings is 3. The number of carbonyl (C=O) groups is 1. The number of aryl methyl sites for hydroxylation is 1. The molecule has 2 heterocycles. The smallest absolute Gasteiger partial charge is 0.256 e. The number of hydrogen-bond acceptors (Lipinski definition) is 4. The molecule has 33 heavy (non-hydrogen) atoms. The molecule has 5 aromatic rings. The van der Waals surface area contributed by atoms with Gasteiger partial charge in [-0.05, 0) is 36.8 Å². The Morgan fingerprint density at radius 3 is 2.45 bits per heavy atom. The summed E-state index contributed by atoms with van der Waals surface area (Å²) in [4.78, 5) is 21.7. The van der Waals surface area contributed by atoms with Crippen molar-refractivity contribution in [1.82, 2.24) is 14.5 Å². The summed E-state index contributed by atoms with van der Waals surface area (Å²) in [7, 11) is 0. The van der Waals surface area contributed by atoms with Gasteiger partial charge < -0.3 is 14.3 Å². The second-order valence-corrected chi connectivity index (χ2v) is 7.69. The number of carbonyl (C=O) groups excluding carboxylic acids is 1. The molecule has 3 aromatic carbocycles. The summed E-state index contributed by atoms with van der Waals surface area (Å²) in [6.45, 7) is 2.71. The van der Waals surface area contributed by atoms with E-state index < -0.39 is 0 Å². The first-order valence-corrected chi connectivity index (χ1v) is 10.7. The predicted octanol–water partition coefficient (Wildman–Crippen LogP) is 5.81. The Balaban J connectivity index is 1.34. The molecule has 0 atom stereocenters. The van der Waals surface area contributed by atoms with Crippen LogP contribution in [0.15, 0.2) is 102 Å². The van der Waals surface area contributed by atoms with Gasteiger partial charge in [-0.2, -0.15) is 0 Å². The SMILES string of the molecule is Cc1nccn1Cc1ccc(NC(=O)c2ccccc2-c2ncc(-c3ccccc3)o2)cc1. The standard InChI is InChI=1S/C27H22N4O2/c1-19-28-15-16-31(19)18-20-11-13-22(14-12-20)30-26(32)23-9-5-6-10-24(23)27-29-17-25(33-27)21-7-3-2-4-8-21/h2-17H,18H2,1H3,(H,30,32). The first-order chi connectivity index (χ1) is 16.2. The maximum Gasteiger partial charge on any atom is 0.256 e. The van der Waals surface area contributed by atoms with E-state index >= 15 is 0 Å². The van der Waals surface area contributed by atoms with Crippen molar-refractivity contribution in [2.24, 2.45) is 0 Å². The first kappa shape index (κ1) is 20.5. The van der Waals surface area contributed by atoms with Crippen LogP contribution in [-0.2, 0) is 6.54 Å². The molecule has 0 saturated carbocycles. The summed E-state index contributed by atoms with van der Waals surface area (Å²) in [5.41, 5.74) is 3.92. The van der Waals surface area contributed by atoms with Crippen LogP contribution in [0.4, 0.5) is 5.69 Å². The van der Waals surface area contributed by atoms with Gasteiger partial charge in [-0.15, -0.1) is 0 Å². The fourth-order valence-corrected chi connectivity index (χ4v) is 3.66. The Bertz CT molecular complexity index is 1390. The van der Waals surface area contributed by atoms with Crippen LogP contribution < -0.4 is 5.32 Å². The summed E-state index contributed by atoms with van der Waals surface area (Å²) in [5.74, 6) is 1.81. The molecule has 0 radical (unpaired) electrons. The summed E-state index contributed by atoms with van der Waals surface area (Å²) < 4.78 is 8.05. The van der Waals surface area contributed by atoms with Gasteiger partial charge in [0.25, 0.3) is 5.91 Å². The van der Waals surface area contributed by atoms with E-state index in [-0.39, 0.29) is 5.91 Å². The third kappa shape index (κ3) is 4.45. The highest BCUT2D eigenvalue weighted by Gasteiger charge is 2.17. The zero-order valence-electron chi connectivity index (χ0n) is 18.1. The van der Waals surface area contributed by atoms with E-state index in [1.165, 1.54) is 0 Å². The number of anilines is 1. The van der Waals surface area contributed by atoms with E-state index in [1.54, 1.807) is 18.5 Å². The summed E-state index contributed by atoms with van der Waals surface area (Å²) in [6.07, 6.45) is 5.42. The van der Waals surface area contributed by atoms with Crippen LogP contribution in [0.3, 0.4) is 0 Å². The van der Waals surface area contributed by atoms with Crippen LogP contribution in [0, 0.1) is 6.92 Å². The highest BCUT2D eigenvalue weighted by molar-refractivity contribution is 6.08. The molecule has 0 unspecified atom stereocenters. The maximum absolute atomic E-state index is 13.1. The summed E-state index contributed by atoms with van der Waals surface area (Å²) >= 11 is 0. The fourth-order valence-electron chi connectivity index (χ4n) is 3.66. The normalized spacial score (nSPS) is 10.8. The van der Waals surface area contributed by atoms with Gasteiger partial charge in [0.2, 0.25) is 5.89 Å². The molecule has 0 spiro atoms. The maximum atomic E-state index is 13.1. The van der Waals surface area contributed by atoms with Crippen LogP contribution in [0.1, 0.15) is 21.7 Å². The Morgan fingerprint density at radius 2 is 1.70 bits per heavy atom. The average Bonchev–Trinajstić information content (AvgIpc) is 3.50. The number of oxazole rings is 1. The van der Waals surface area contributed by atoms with Gasteiger partial charge in [0, 0.05) is 35.8 Å². The average molecular weight is 434 g/mol. The van der Waals surface area contributed by atoms with E-state index in [1.807, 2.05) is 85.9 Å². The highest BCUT2D eigenvalue weighted by Crippen LogP contribution is 2.28. The van der Waals surface area contributed by atoms with Crippen molar-refractivity contribution in [2.45, 2.75) is 13.5 Å². The molecule has 0 aliphatic heterocycles. The van der Waals surface area contributed by atoms with E-state index in [4.69, 9.17) is 4.42 Å². The molecule has 0 bridgehead atoms. The van der Waals surface area contributed by atoms with Crippen LogP contribution in [-0.4, -0.2) is 20.4 Å². The van der Waals surface area contributed by atoms with Crippen molar-refractivity contribution >= 4 is 11.6 Å². The van der Waals surface area contributed by atoms with Gasteiger partial charge in [-0.1, -0.05) is 54.6 Å². The number of hydrogen-bond donors (Lipinski definition) is 1. The third-order valence-electron chi connectivity index (χ3n) is 5.45. The number of imidazole rings is 1. The molecule has 1 amide bonds. The van der Waals surface area contributed by atoms with Crippen molar-refractivity contribution in [2.75, 3.05) is 5.32 Å². The Kier molecular flexibility index (Phi) is 5.55. The molecule has 6 nitrogen and oxygen atoms in total. The largest absolute Gasteiger partial charge is 0.436 e. The number of nitrogens with one attached hydrogen (secondary N) is 1. The zero-order chi connectivity index (χ0) is 22.6. The van der Waals surface area contributed by atoms with Gasteiger partial charge in [0.1, 0.15) is 5.82 Å². The molecule has 5 rings (SSSR count). The minimum atomic E-state index is -0.219. The molecule has 0 aliphatic carbocycles. The van der Waals surface area contributed by atoms with Gasteiger partial charge in [0.05, 0.1) is 11.8 Å². The lowest BCUT2D eigenvalue weighted by atomic mass is 10.1. The van der Waals surface area contributed by atoms with E-state index in [9.17, 15) is 4.79 Å². The van der Waals surface area contributed by atoms with Gasteiger partial charge in [0.15, 0.2) is 5.76 Å². The zero-order valence-corrected chi connectivity index (χ0v) is 18.1. The monoisotopic (exact) mass is 434 g/mol. The third-order valence-corrected chi connectivity index (χ3v) is 5.45. The number of aromatic nitrogens is 3. The number of amides is 1. The minimum absolute atomic E-state index is 0.219. The van der Waals surface area contributed by atoms with Gasteiger partial charge >= 0.3 is 0 Å². The lowest BCUT2D eigenvalue weighted by molar-refractivity contribution is 0.102. The lowest BCUT2D eigenvalue weighted by Gasteiger charge is -2.10. The van der Waals surface area contributed by atoms with Crippen molar-refractivity contribution in [1.29, 1.82) is 0 Å². The number of nitrogens with zero attached hydrogens (tertiary/aromatic N) is 3. The topological polar surface area (TPSA) is 73.0 Å². The quantitative estimate of drug-likeness (QED) is 0.366. The highest BCUT2D eigenvalue weighted by atomic mass is 16.4. The van der Waals surface area contributed by atoms with Crippen LogP contribution >= 0.6 is 0 Å². The van der Waals surface area contributed by atoms with Crippen molar-refractivity contribution in [3.05, 3.63) is 114 Å². The summed E-state index contributed by atoms with van der Waals surface area (Å²) in [5, 5.41) is 2.98. The molecular weight excluding hydrogens is 412 g/mol. The van der Waals surface area contributed by atoms with E-state index in [2.05, 4.69) is 19.9 Å². The minimum Gasteiger partial charge on any atom is -0.436 e. The van der Waals surface area contributed by atoms with Gasteiger partial charge in [-0.25, -0.2) is 9.97 Å². The Labute approximate surface area is 191 Å². The Hall–Kier alpha value is -4.45. The van der Waals surface area contributed by atoms with Gasteiger partial charge in [-0.3, -0.25) is 4.79 Å².